The number of thiazole rings is 1. The van der Waals surface area contributed by atoms with Crippen molar-refractivity contribution >= 4 is 28.6 Å². The summed E-state index contributed by atoms with van der Waals surface area (Å²) in [6, 6.07) is 0.0372. The third-order valence-electron chi connectivity index (χ3n) is 3.20. The molecule has 114 valence electrons. The highest BCUT2D eigenvalue weighted by Crippen LogP contribution is 2.26. The van der Waals surface area contributed by atoms with Gasteiger partial charge in [-0.15, -0.1) is 11.3 Å². The Morgan fingerprint density at radius 2 is 2.29 bits per heavy atom. The van der Waals surface area contributed by atoms with E-state index in [2.05, 4.69) is 29.2 Å². The quantitative estimate of drug-likeness (QED) is 0.842. The minimum atomic E-state index is -0.246. The fourth-order valence-corrected chi connectivity index (χ4v) is 2.94. The summed E-state index contributed by atoms with van der Waals surface area (Å²) in [7, 11) is 0. The molecule has 5 nitrogen and oxygen atoms in total. The lowest BCUT2D eigenvalue weighted by Crippen LogP contribution is -2.25. The molecule has 0 aliphatic carbocycles. The lowest BCUT2D eigenvalue weighted by Gasteiger charge is -2.17. The number of nitrogens with zero attached hydrogens (tertiary/aromatic N) is 3. The topological polar surface area (TPSA) is 59.8 Å². The molecule has 2 heterocycles. The maximum atomic E-state index is 12.2. The lowest BCUT2D eigenvalue weighted by molar-refractivity contribution is 0.543. The molecule has 0 amide bonds. The average Bonchev–Trinajstić information content (AvgIpc) is 3.02. The molecule has 0 aliphatic heterocycles. The zero-order chi connectivity index (χ0) is 15.2. The van der Waals surface area contributed by atoms with Crippen LogP contribution >= 0.6 is 22.9 Å². The van der Waals surface area contributed by atoms with Gasteiger partial charge in [0.1, 0.15) is 10.0 Å². The van der Waals surface area contributed by atoms with E-state index in [1.54, 1.807) is 23.7 Å². The summed E-state index contributed by atoms with van der Waals surface area (Å²) >= 11 is 7.77. The number of aryl methyl sites for hydroxylation is 1. The van der Waals surface area contributed by atoms with Crippen molar-refractivity contribution in [3.8, 4) is 0 Å². The van der Waals surface area contributed by atoms with Crippen LogP contribution in [0.1, 0.15) is 44.2 Å². The van der Waals surface area contributed by atoms with Crippen LogP contribution in [-0.2, 0) is 6.54 Å². The first-order valence-electron chi connectivity index (χ1n) is 7.08. The Morgan fingerprint density at radius 3 is 2.90 bits per heavy atom. The van der Waals surface area contributed by atoms with Crippen molar-refractivity contribution in [1.29, 1.82) is 0 Å². The van der Waals surface area contributed by atoms with Gasteiger partial charge in [-0.05, 0) is 12.8 Å². The second-order valence-corrected chi connectivity index (χ2v) is 6.03. The van der Waals surface area contributed by atoms with Crippen molar-refractivity contribution in [2.24, 2.45) is 0 Å². The number of hydrogen-bond donors (Lipinski definition) is 1. The van der Waals surface area contributed by atoms with E-state index in [9.17, 15) is 4.79 Å². The monoisotopic (exact) mass is 326 g/mol. The number of anilines is 1. The smallest absolute Gasteiger partial charge is 0.287 e. The fraction of sp³-hybridized carbons (Fsp3) is 0.500. The third kappa shape index (κ3) is 3.83. The molecular formula is C14H19ClN4OS. The van der Waals surface area contributed by atoms with Crippen LogP contribution in [0.4, 0.5) is 5.69 Å². The molecule has 2 rings (SSSR count). The molecule has 0 aliphatic rings. The zero-order valence-corrected chi connectivity index (χ0v) is 13.7. The molecule has 2 aromatic rings. The van der Waals surface area contributed by atoms with Gasteiger partial charge in [0.15, 0.2) is 0 Å². The van der Waals surface area contributed by atoms with Gasteiger partial charge < -0.3 is 5.32 Å². The molecule has 0 fully saturated rings. The molecule has 1 unspecified atom stereocenters. The molecule has 7 heteroatoms. The van der Waals surface area contributed by atoms with Gasteiger partial charge in [0.2, 0.25) is 0 Å². The Balaban J connectivity index is 2.20. The van der Waals surface area contributed by atoms with Crippen molar-refractivity contribution in [2.75, 3.05) is 5.32 Å². The molecule has 0 radical (unpaired) electrons. The van der Waals surface area contributed by atoms with Crippen LogP contribution < -0.4 is 10.9 Å². The van der Waals surface area contributed by atoms with Gasteiger partial charge in [0, 0.05) is 18.1 Å². The standard InChI is InChI=1S/C14H19ClN4OS/c1-3-5-7-19-14(20)12(15)11(9-17-19)18-10(4-2)13-16-6-8-21-13/h6,8-10,18H,3-5,7H2,1-2H3. The van der Waals surface area contributed by atoms with Crippen LogP contribution in [0.5, 0.6) is 0 Å². The molecule has 1 atom stereocenters. The van der Waals surface area contributed by atoms with Crippen LogP contribution in [0.3, 0.4) is 0 Å². The van der Waals surface area contributed by atoms with Crippen LogP contribution in [0, 0.1) is 0 Å². The summed E-state index contributed by atoms with van der Waals surface area (Å²) in [5, 5.41) is 10.5. The molecule has 0 saturated carbocycles. The van der Waals surface area contributed by atoms with Gasteiger partial charge in [-0.2, -0.15) is 5.10 Å². The maximum absolute atomic E-state index is 12.2. The number of rotatable bonds is 7. The number of aromatic nitrogens is 3. The highest BCUT2D eigenvalue weighted by Gasteiger charge is 2.16. The first kappa shape index (κ1) is 16.0. The average molecular weight is 327 g/mol. The summed E-state index contributed by atoms with van der Waals surface area (Å²) in [6.07, 6.45) is 6.16. The van der Waals surface area contributed by atoms with Crippen LogP contribution in [0.2, 0.25) is 5.02 Å². The van der Waals surface area contributed by atoms with Crippen molar-refractivity contribution in [3.63, 3.8) is 0 Å². The lowest BCUT2D eigenvalue weighted by atomic mass is 10.2. The largest absolute Gasteiger partial charge is 0.373 e. The van der Waals surface area contributed by atoms with E-state index in [1.807, 2.05) is 5.38 Å². The second kappa shape index (κ2) is 7.56. The first-order chi connectivity index (χ1) is 10.2. The number of unbranched alkanes of at least 4 members (excludes halogenated alkanes) is 1. The highest BCUT2D eigenvalue weighted by atomic mass is 35.5. The summed E-state index contributed by atoms with van der Waals surface area (Å²) in [5.74, 6) is 0. The normalized spacial score (nSPS) is 12.3. The Morgan fingerprint density at radius 1 is 1.48 bits per heavy atom. The van der Waals surface area contributed by atoms with Crippen molar-refractivity contribution in [3.05, 3.63) is 38.2 Å². The van der Waals surface area contributed by atoms with Crippen molar-refractivity contribution in [2.45, 2.75) is 45.7 Å². The first-order valence-corrected chi connectivity index (χ1v) is 8.34. The summed E-state index contributed by atoms with van der Waals surface area (Å²) in [5.41, 5.74) is 0.320. The van der Waals surface area contributed by atoms with E-state index in [0.29, 0.717) is 12.2 Å². The van der Waals surface area contributed by atoms with Crippen LogP contribution in [0.25, 0.3) is 0 Å². The molecule has 0 bridgehead atoms. The highest BCUT2D eigenvalue weighted by molar-refractivity contribution is 7.09. The fourth-order valence-electron chi connectivity index (χ4n) is 1.97. The minimum Gasteiger partial charge on any atom is -0.373 e. The summed E-state index contributed by atoms with van der Waals surface area (Å²) in [4.78, 5) is 16.5. The van der Waals surface area contributed by atoms with Crippen molar-refractivity contribution in [1.82, 2.24) is 14.8 Å². The number of nitrogens with one attached hydrogen (secondary N) is 1. The zero-order valence-electron chi connectivity index (χ0n) is 12.2. The summed E-state index contributed by atoms with van der Waals surface area (Å²) < 4.78 is 1.42. The number of hydrogen-bond acceptors (Lipinski definition) is 5. The molecule has 0 spiro atoms. The Bertz CT molecular complexity index is 626. The maximum Gasteiger partial charge on any atom is 0.287 e. The van der Waals surface area contributed by atoms with E-state index in [4.69, 9.17) is 11.6 Å². The molecule has 1 N–H and O–H groups in total. The predicted molar refractivity (Wildman–Crippen MR) is 87.2 cm³/mol. The minimum absolute atomic E-state index is 0.0372. The van der Waals surface area contributed by atoms with Gasteiger partial charge in [-0.25, -0.2) is 9.67 Å². The van der Waals surface area contributed by atoms with Crippen LogP contribution in [-0.4, -0.2) is 14.8 Å². The van der Waals surface area contributed by atoms with Gasteiger partial charge in [0.05, 0.1) is 17.9 Å². The molecule has 2 aromatic heterocycles. The predicted octanol–water partition coefficient (Wildman–Crippen LogP) is 3.72. The Hall–Kier alpha value is -1.40. The Labute approximate surface area is 133 Å². The van der Waals surface area contributed by atoms with E-state index in [1.165, 1.54) is 4.68 Å². The second-order valence-electron chi connectivity index (χ2n) is 4.73. The van der Waals surface area contributed by atoms with E-state index < -0.39 is 0 Å². The van der Waals surface area contributed by atoms with E-state index in [-0.39, 0.29) is 16.6 Å². The van der Waals surface area contributed by atoms with E-state index in [0.717, 1.165) is 24.3 Å². The molecular weight excluding hydrogens is 308 g/mol. The Kier molecular flexibility index (Phi) is 5.76. The van der Waals surface area contributed by atoms with Gasteiger partial charge in [0.25, 0.3) is 5.56 Å². The van der Waals surface area contributed by atoms with Gasteiger partial charge in [-0.3, -0.25) is 4.79 Å². The molecule has 0 aromatic carbocycles. The van der Waals surface area contributed by atoms with Crippen LogP contribution in [0.15, 0.2) is 22.6 Å². The van der Waals surface area contributed by atoms with Gasteiger partial charge >= 0.3 is 0 Å². The van der Waals surface area contributed by atoms with E-state index >= 15 is 0 Å². The third-order valence-corrected chi connectivity index (χ3v) is 4.45. The van der Waals surface area contributed by atoms with Crippen molar-refractivity contribution < 1.29 is 0 Å². The molecule has 0 saturated heterocycles. The van der Waals surface area contributed by atoms with Gasteiger partial charge in [-0.1, -0.05) is 31.9 Å². The number of halogens is 1. The summed E-state index contributed by atoms with van der Waals surface area (Å²) in [6.45, 7) is 4.73. The SMILES string of the molecule is CCCCn1ncc(NC(CC)c2nccs2)c(Cl)c1=O. The molecule has 21 heavy (non-hydrogen) atoms.